The molecule has 2 nitrogen and oxygen atoms in total. The van der Waals surface area contributed by atoms with Gasteiger partial charge < -0.3 is 5.73 Å². The maximum atomic E-state index is 10.7. The number of hydrogen-bond acceptors (Lipinski definition) is 2. The van der Waals surface area contributed by atoms with Gasteiger partial charge in [-0.3, -0.25) is 4.79 Å². The normalized spacial score (nSPS) is 13.1. The van der Waals surface area contributed by atoms with Crippen LogP contribution in [0.15, 0.2) is 0 Å². The van der Waals surface area contributed by atoms with Crippen molar-refractivity contribution in [3.63, 3.8) is 0 Å². The van der Waals surface area contributed by atoms with E-state index in [0.29, 0.717) is 0 Å². The van der Waals surface area contributed by atoms with Crippen LogP contribution in [0.3, 0.4) is 0 Å². The summed E-state index contributed by atoms with van der Waals surface area (Å²) in [7, 11) is 2.21. The fourth-order valence-corrected chi connectivity index (χ4v) is 0.904. The van der Waals surface area contributed by atoms with Crippen LogP contribution >= 0.6 is 9.24 Å². The van der Waals surface area contributed by atoms with Gasteiger partial charge in [0.25, 0.3) is 0 Å². The van der Waals surface area contributed by atoms with Gasteiger partial charge >= 0.3 is 0 Å². The van der Waals surface area contributed by atoms with Crippen LogP contribution in [0.25, 0.3) is 0 Å². The molecule has 0 fully saturated rings. The molecule has 0 amide bonds. The Morgan fingerprint density at radius 3 is 2.60 bits per heavy atom. The molecular formula is C7H16NOP. The average Bonchev–Trinajstić information content (AvgIpc) is 1.88. The summed E-state index contributed by atoms with van der Waals surface area (Å²) in [4.78, 5) is 10.7. The molecule has 0 saturated carbocycles. The molecular weight excluding hydrogens is 145 g/mol. The molecule has 2 atom stereocenters. The zero-order valence-electron chi connectivity index (χ0n) is 6.47. The molecule has 0 saturated heterocycles. The van der Waals surface area contributed by atoms with E-state index in [2.05, 4.69) is 9.24 Å². The molecule has 0 aromatic heterocycles. The first kappa shape index (κ1) is 10.1. The maximum Gasteiger partial charge on any atom is 0.151 e. The van der Waals surface area contributed by atoms with Crippen molar-refractivity contribution in [1.82, 2.24) is 0 Å². The van der Waals surface area contributed by atoms with Gasteiger partial charge in [0.2, 0.25) is 0 Å². The molecule has 0 rings (SSSR count). The largest absolute Gasteiger partial charge is 0.330 e. The summed E-state index contributed by atoms with van der Waals surface area (Å²) in [6, 6.07) is 0. The van der Waals surface area contributed by atoms with E-state index in [1.54, 1.807) is 0 Å². The highest BCUT2D eigenvalue weighted by molar-refractivity contribution is 7.40. The Morgan fingerprint density at radius 1 is 1.60 bits per heavy atom. The molecule has 0 bridgehead atoms. The van der Waals surface area contributed by atoms with Crippen molar-refractivity contribution in [3.05, 3.63) is 0 Å². The molecule has 60 valence electrons. The Bertz CT molecular complexity index is 106. The van der Waals surface area contributed by atoms with Crippen molar-refractivity contribution in [2.24, 2.45) is 11.7 Å². The maximum absolute atomic E-state index is 10.7. The second kappa shape index (κ2) is 5.82. The van der Waals surface area contributed by atoms with E-state index >= 15 is 0 Å². The zero-order valence-corrected chi connectivity index (χ0v) is 7.62. The fraction of sp³-hybridized carbons (Fsp3) is 0.857. The lowest BCUT2D eigenvalue weighted by atomic mass is 10.1. The quantitative estimate of drug-likeness (QED) is 0.485. The van der Waals surface area contributed by atoms with Crippen molar-refractivity contribution in [3.8, 4) is 0 Å². The molecule has 0 radical (unpaired) electrons. The van der Waals surface area contributed by atoms with Gasteiger partial charge in [0.15, 0.2) is 5.52 Å². The third-order valence-corrected chi connectivity index (χ3v) is 2.15. The van der Waals surface area contributed by atoms with E-state index in [9.17, 15) is 4.79 Å². The third-order valence-electron chi connectivity index (χ3n) is 1.58. The number of carbonyl (C=O) groups is 1. The van der Waals surface area contributed by atoms with E-state index in [1.165, 1.54) is 0 Å². The first-order valence-corrected chi connectivity index (χ1v) is 4.25. The van der Waals surface area contributed by atoms with Gasteiger partial charge in [-0.2, -0.15) is 0 Å². The molecule has 0 aromatic carbocycles. The molecule has 0 aromatic rings. The molecule has 3 heteroatoms. The smallest absolute Gasteiger partial charge is 0.151 e. The minimum atomic E-state index is 0.191. The highest BCUT2D eigenvalue weighted by Crippen LogP contribution is 2.11. The van der Waals surface area contributed by atoms with Crippen LogP contribution in [-0.2, 0) is 4.79 Å². The summed E-state index contributed by atoms with van der Waals surface area (Å²) in [5.41, 5.74) is 5.51. The second-order valence-corrected chi connectivity index (χ2v) is 3.16. The lowest BCUT2D eigenvalue weighted by Gasteiger charge is -2.04. The Morgan fingerprint density at radius 2 is 2.20 bits per heavy atom. The fourth-order valence-electron chi connectivity index (χ4n) is 0.737. The first-order valence-electron chi connectivity index (χ1n) is 3.68. The Hall–Kier alpha value is 0.0600. The Kier molecular flexibility index (Phi) is 5.85. The number of carbonyl (C=O) groups excluding carboxylic acids is 1. The SMILES string of the molecule is CC(CCCCN)C(=O)P. The first-order chi connectivity index (χ1) is 4.68. The van der Waals surface area contributed by atoms with Crippen molar-refractivity contribution in [2.45, 2.75) is 26.2 Å². The van der Waals surface area contributed by atoms with Crippen LogP contribution < -0.4 is 5.73 Å². The van der Waals surface area contributed by atoms with Crippen LogP contribution in [0.5, 0.6) is 0 Å². The van der Waals surface area contributed by atoms with E-state index in [4.69, 9.17) is 5.73 Å². The predicted octanol–water partition coefficient (Wildman–Crippen LogP) is 1.15. The van der Waals surface area contributed by atoms with Gasteiger partial charge in [-0.15, -0.1) is 0 Å². The van der Waals surface area contributed by atoms with E-state index < -0.39 is 0 Å². The van der Waals surface area contributed by atoms with E-state index in [1.807, 2.05) is 6.92 Å². The van der Waals surface area contributed by atoms with Crippen LogP contribution in [0.4, 0.5) is 0 Å². The Labute approximate surface area is 64.8 Å². The van der Waals surface area contributed by atoms with Crippen LogP contribution in [0.1, 0.15) is 26.2 Å². The van der Waals surface area contributed by atoms with Crippen molar-refractivity contribution in [2.75, 3.05) is 6.54 Å². The molecule has 2 unspecified atom stereocenters. The number of unbranched alkanes of at least 4 members (excludes halogenated alkanes) is 1. The van der Waals surface area contributed by atoms with Crippen molar-refractivity contribution < 1.29 is 4.79 Å². The van der Waals surface area contributed by atoms with Crippen molar-refractivity contribution >= 4 is 14.8 Å². The summed E-state index contributed by atoms with van der Waals surface area (Å²) in [5.74, 6) is 0.191. The third kappa shape index (κ3) is 4.89. The van der Waals surface area contributed by atoms with E-state index in [-0.39, 0.29) is 11.4 Å². The predicted molar refractivity (Wildman–Crippen MR) is 46.8 cm³/mol. The zero-order chi connectivity index (χ0) is 7.98. The standard InChI is InChI=1S/C7H16NOP/c1-6(7(9)10)4-2-3-5-8/h6H,2-5,8,10H2,1H3. The minimum absolute atomic E-state index is 0.191. The number of nitrogens with two attached hydrogens (primary N) is 1. The number of rotatable bonds is 5. The molecule has 0 aliphatic rings. The summed E-state index contributed by atoms with van der Waals surface area (Å²) < 4.78 is 0. The van der Waals surface area contributed by atoms with Crippen LogP contribution in [0, 0.1) is 5.92 Å². The van der Waals surface area contributed by atoms with Gasteiger partial charge in [-0.1, -0.05) is 22.6 Å². The topological polar surface area (TPSA) is 43.1 Å². The van der Waals surface area contributed by atoms with Gasteiger partial charge in [0, 0.05) is 5.92 Å². The number of hydrogen-bond donors (Lipinski definition) is 1. The molecule has 0 aliphatic carbocycles. The van der Waals surface area contributed by atoms with Gasteiger partial charge in [-0.25, -0.2) is 0 Å². The van der Waals surface area contributed by atoms with Crippen LogP contribution in [0.2, 0.25) is 0 Å². The van der Waals surface area contributed by atoms with Crippen molar-refractivity contribution in [1.29, 1.82) is 0 Å². The Balaban J connectivity index is 3.21. The summed E-state index contributed by atoms with van der Waals surface area (Å²) in [5, 5.41) is 0. The van der Waals surface area contributed by atoms with Crippen LogP contribution in [-0.4, -0.2) is 12.1 Å². The lowest BCUT2D eigenvalue weighted by molar-refractivity contribution is -0.114. The molecule has 0 aliphatic heterocycles. The summed E-state index contributed by atoms with van der Waals surface area (Å²) in [6.45, 7) is 2.68. The summed E-state index contributed by atoms with van der Waals surface area (Å²) >= 11 is 0. The summed E-state index contributed by atoms with van der Waals surface area (Å²) in [6.07, 6.45) is 3.07. The minimum Gasteiger partial charge on any atom is -0.330 e. The lowest BCUT2D eigenvalue weighted by Crippen LogP contribution is -2.04. The molecule has 10 heavy (non-hydrogen) atoms. The van der Waals surface area contributed by atoms with Gasteiger partial charge in [-0.05, 0) is 19.4 Å². The molecule has 2 N–H and O–H groups in total. The highest BCUT2D eigenvalue weighted by atomic mass is 31.0. The van der Waals surface area contributed by atoms with Gasteiger partial charge in [0.1, 0.15) is 0 Å². The monoisotopic (exact) mass is 161 g/mol. The highest BCUT2D eigenvalue weighted by Gasteiger charge is 2.05. The average molecular weight is 161 g/mol. The van der Waals surface area contributed by atoms with E-state index in [0.717, 1.165) is 25.8 Å². The second-order valence-electron chi connectivity index (χ2n) is 2.59. The van der Waals surface area contributed by atoms with Gasteiger partial charge in [0.05, 0.1) is 0 Å². The molecule has 0 heterocycles. The molecule has 0 spiro atoms.